The molecule has 0 unspecified atom stereocenters. The smallest absolute Gasteiger partial charge is 0.374 e. The lowest BCUT2D eigenvalue weighted by molar-refractivity contribution is 0.138. The molecule has 0 aliphatic carbocycles. The average molecular weight is 255 g/mol. The third-order valence-corrected chi connectivity index (χ3v) is 3.31. The SMILES string of the molecule is C=CBr.C=C[Si](OC)(OC)OC. The Labute approximate surface area is 83.5 Å². The number of rotatable bonds is 4. The second-order valence-electron chi connectivity index (χ2n) is 1.57. The summed E-state index contributed by atoms with van der Waals surface area (Å²) in [6, 6.07) is 0. The molecule has 0 aliphatic heterocycles. The number of hydrogen-bond acceptors (Lipinski definition) is 3. The van der Waals surface area contributed by atoms with Gasteiger partial charge in [-0.15, -0.1) is 0 Å². The van der Waals surface area contributed by atoms with Crippen LogP contribution in [0.5, 0.6) is 0 Å². The summed E-state index contributed by atoms with van der Waals surface area (Å²) in [7, 11) is 2.20. The first kappa shape index (κ1) is 14.6. The van der Waals surface area contributed by atoms with E-state index in [-0.39, 0.29) is 0 Å². The van der Waals surface area contributed by atoms with Gasteiger partial charge in [0.05, 0.1) is 0 Å². The summed E-state index contributed by atoms with van der Waals surface area (Å²) in [5.41, 5.74) is 1.58. The predicted octanol–water partition coefficient (Wildman–Crippen LogP) is 2.11. The fourth-order valence-electron chi connectivity index (χ4n) is 0.500. The van der Waals surface area contributed by atoms with Gasteiger partial charge in [0.2, 0.25) is 0 Å². The molecule has 0 aromatic heterocycles. The van der Waals surface area contributed by atoms with Crippen molar-refractivity contribution in [2.45, 2.75) is 0 Å². The van der Waals surface area contributed by atoms with E-state index < -0.39 is 8.80 Å². The zero-order valence-electron chi connectivity index (χ0n) is 7.67. The van der Waals surface area contributed by atoms with Crippen molar-refractivity contribution in [3.63, 3.8) is 0 Å². The highest BCUT2D eigenvalue weighted by molar-refractivity contribution is 9.11. The molecule has 0 fully saturated rings. The first-order valence-corrected chi connectivity index (χ1v) is 5.88. The van der Waals surface area contributed by atoms with Crippen LogP contribution >= 0.6 is 15.9 Å². The zero-order valence-corrected chi connectivity index (χ0v) is 10.3. The minimum absolute atomic E-state index is 1.54. The lowest BCUT2D eigenvalue weighted by Gasteiger charge is -2.19. The van der Waals surface area contributed by atoms with E-state index in [1.54, 1.807) is 32.0 Å². The van der Waals surface area contributed by atoms with Crippen molar-refractivity contribution in [1.82, 2.24) is 0 Å². The van der Waals surface area contributed by atoms with Crippen LogP contribution in [0.25, 0.3) is 0 Å². The van der Waals surface area contributed by atoms with Crippen molar-refractivity contribution in [2.24, 2.45) is 0 Å². The molecule has 0 aliphatic rings. The normalized spacial score (nSPS) is 9.67. The van der Waals surface area contributed by atoms with Gasteiger partial charge in [-0.2, -0.15) is 0 Å². The Hall–Kier alpha value is 0.0569. The van der Waals surface area contributed by atoms with E-state index in [9.17, 15) is 0 Å². The van der Waals surface area contributed by atoms with Crippen molar-refractivity contribution >= 4 is 24.7 Å². The van der Waals surface area contributed by atoms with Crippen molar-refractivity contribution in [3.8, 4) is 0 Å². The van der Waals surface area contributed by atoms with E-state index in [0.29, 0.717) is 0 Å². The molecule has 72 valence electrons. The summed E-state index contributed by atoms with van der Waals surface area (Å²) in [5, 5.41) is 0. The van der Waals surface area contributed by atoms with Crippen molar-refractivity contribution in [2.75, 3.05) is 21.3 Å². The molecule has 3 nitrogen and oxygen atoms in total. The maximum absolute atomic E-state index is 4.96. The highest BCUT2D eigenvalue weighted by Crippen LogP contribution is 2.04. The van der Waals surface area contributed by atoms with E-state index in [2.05, 4.69) is 29.1 Å². The topological polar surface area (TPSA) is 27.7 Å². The Bertz CT molecular complexity index is 118. The zero-order chi connectivity index (χ0) is 10.0. The van der Waals surface area contributed by atoms with Crippen LogP contribution in [-0.4, -0.2) is 30.1 Å². The van der Waals surface area contributed by atoms with Gasteiger partial charge in [-0.05, 0) is 10.7 Å². The summed E-state index contributed by atoms with van der Waals surface area (Å²) >= 11 is 2.91. The molecule has 0 spiro atoms. The largest absolute Gasteiger partial charge is 0.528 e. The van der Waals surface area contributed by atoms with Gasteiger partial charge in [0, 0.05) is 21.3 Å². The molecule has 0 radical (unpaired) electrons. The lowest BCUT2D eigenvalue weighted by atomic mass is 11.3. The second-order valence-corrected chi connectivity index (χ2v) is 5.06. The number of halogens is 1. The summed E-state index contributed by atoms with van der Waals surface area (Å²) in [4.78, 5) is 1.56. The van der Waals surface area contributed by atoms with Gasteiger partial charge in [-0.3, -0.25) is 0 Å². The molecular weight excluding hydrogens is 240 g/mol. The van der Waals surface area contributed by atoms with E-state index >= 15 is 0 Å². The molecule has 0 aromatic rings. The molecule has 0 aromatic carbocycles. The molecule has 12 heavy (non-hydrogen) atoms. The highest BCUT2D eigenvalue weighted by atomic mass is 79.9. The second kappa shape index (κ2) is 9.15. The van der Waals surface area contributed by atoms with Crippen molar-refractivity contribution in [3.05, 3.63) is 23.8 Å². The van der Waals surface area contributed by atoms with Gasteiger partial charge in [-0.25, -0.2) is 0 Å². The predicted molar refractivity (Wildman–Crippen MR) is 56.1 cm³/mol. The summed E-state index contributed by atoms with van der Waals surface area (Å²) in [5.74, 6) is 0. The first-order chi connectivity index (χ1) is 5.66. The fraction of sp³-hybridized carbons (Fsp3) is 0.429. The Morgan fingerprint density at radius 3 is 1.33 bits per heavy atom. The Kier molecular flexibility index (Phi) is 11.1. The van der Waals surface area contributed by atoms with Gasteiger partial charge < -0.3 is 13.3 Å². The van der Waals surface area contributed by atoms with E-state index in [1.807, 2.05) is 0 Å². The van der Waals surface area contributed by atoms with E-state index in [1.165, 1.54) is 0 Å². The molecule has 0 saturated heterocycles. The van der Waals surface area contributed by atoms with Crippen LogP contribution in [0.4, 0.5) is 0 Å². The molecule has 0 N–H and O–H groups in total. The van der Waals surface area contributed by atoms with Crippen LogP contribution in [0.15, 0.2) is 23.8 Å². The maximum atomic E-state index is 4.96. The van der Waals surface area contributed by atoms with Crippen LogP contribution < -0.4 is 0 Å². The van der Waals surface area contributed by atoms with Gasteiger partial charge >= 0.3 is 8.80 Å². The Morgan fingerprint density at radius 1 is 1.08 bits per heavy atom. The lowest BCUT2D eigenvalue weighted by Crippen LogP contribution is -2.40. The van der Waals surface area contributed by atoms with Crippen LogP contribution in [0, 0.1) is 0 Å². The van der Waals surface area contributed by atoms with Crippen LogP contribution in [0.2, 0.25) is 0 Å². The fourth-order valence-corrected chi connectivity index (χ4v) is 1.50. The first-order valence-electron chi connectivity index (χ1n) is 3.16. The molecule has 5 heteroatoms. The van der Waals surface area contributed by atoms with Crippen LogP contribution in [0.1, 0.15) is 0 Å². The molecule has 0 amide bonds. The van der Waals surface area contributed by atoms with Crippen LogP contribution in [-0.2, 0) is 13.3 Å². The standard InChI is InChI=1S/C5H12O3Si.C2H3Br/c1-5-9(6-2,7-3)8-4;1-2-3/h5H,1H2,2-4H3;2H,1H2. The molecule has 0 rings (SSSR count). The summed E-state index contributed by atoms with van der Waals surface area (Å²) < 4.78 is 14.9. The summed E-state index contributed by atoms with van der Waals surface area (Å²) in [6.07, 6.45) is 0. The molecule has 0 heterocycles. The van der Waals surface area contributed by atoms with Gasteiger partial charge in [0.1, 0.15) is 0 Å². The van der Waals surface area contributed by atoms with Crippen molar-refractivity contribution < 1.29 is 13.3 Å². The van der Waals surface area contributed by atoms with Gasteiger partial charge in [-0.1, -0.05) is 29.1 Å². The molecule has 0 bridgehead atoms. The third-order valence-electron chi connectivity index (χ3n) is 1.10. The highest BCUT2D eigenvalue weighted by Gasteiger charge is 2.33. The third kappa shape index (κ3) is 5.67. The maximum Gasteiger partial charge on any atom is 0.528 e. The minimum Gasteiger partial charge on any atom is -0.374 e. The molecule has 0 saturated carbocycles. The van der Waals surface area contributed by atoms with Gasteiger partial charge in [0.15, 0.2) is 0 Å². The molecular formula is C7H15BrO3Si. The Morgan fingerprint density at radius 2 is 1.33 bits per heavy atom. The summed E-state index contributed by atoms with van der Waals surface area (Å²) in [6.45, 7) is 6.81. The van der Waals surface area contributed by atoms with Crippen LogP contribution in [0.3, 0.4) is 0 Å². The minimum atomic E-state index is -2.43. The van der Waals surface area contributed by atoms with E-state index in [4.69, 9.17) is 13.3 Å². The monoisotopic (exact) mass is 254 g/mol. The quantitative estimate of drug-likeness (QED) is 0.720. The van der Waals surface area contributed by atoms with Gasteiger partial charge in [0.25, 0.3) is 0 Å². The van der Waals surface area contributed by atoms with E-state index in [0.717, 1.165) is 0 Å². The average Bonchev–Trinajstić information content (AvgIpc) is 2.11. The Balaban J connectivity index is 0. The number of hydrogen-bond donors (Lipinski definition) is 0. The van der Waals surface area contributed by atoms with Crippen molar-refractivity contribution in [1.29, 1.82) is 0 Å². The molecule has 0 atom stereocenters.